The highest BCUT2D eigenvalue weighted by atomic mass is 16.2. The van der Waals surface area contributed by atoms with Gasteiger partial charge in [0.15, 0.2) is 0 Å². The Morgan fingerprint density at radius 1 is 1.71 bits per heavy atom. The van der Waals surface area contributed by atoms with Gasteiger partial charge >= 0.3 is 0 Å². The Hall–Kier alpha value is -0.990. The predicted molar refractivity (Wildman–Crippen MR) is 23.6 cm³/mol. The molecule has 1 aliphatic heterocycles. The summed E-state index contributed by atoms with van der Waals surface area (Å²) < 4.78 is 0. The molecular weight excluding hydrogens is 92.1 g/mol. The Kier molecular flexibility index (Phi) is 0.749. The fourth-order valence-corrected chi connectivity index (χ4v) is 0.302. The van der Waals surface area contributed by atoms with E-state index in [9.17, 15) is 4.79 Å². The SMILES string of the molecule is CC1=CN=NC1=O. The molecule has 0 saturated carbocycles. The van der Waals surface area contributed by atoms with Crippen molar-refractivity contribution in [3.63, 3.8) is 0 Å². The normalized spacial score (nSPS) is 17.9. The largest absolute Gasteiger partial charge is 0.292 e. The van der Waals surface area contributed by atoms with E-state index in [0.717, 1.165) is 0 Å². The number of amides is 1. The van der Waals surface area contributed by atoms with E-state index in [1.165, 1.54) is 6.20 Å². The van der Waals surface area contributed by atoms with Crippen LogP contribution in [0.3, 0.4) is 0 Å². The van der Waals surface area contributed by atoms with Gasteiger partial charge in [-0.1, -0.05) is 0 Å². The highest BCUT2D eigenvalue weighted by Gasteiger charge is 2.04. The molecule has 0 aromatic rings. The van der Waals surface area contributed by atoms with Gasteiger partial charge in [-0.25, -0.2) is 0 Å². The summed E-state index contributed by atoms with van der Waals surface area (Å²) in [6, 6.07) is 0. The number of hydrogen-bond acceptors (Lipinski definition) is 2. The van der Waals surface area contributed by atoms with E-state index >= 15 is 0 Å². The quantitative estimate of drug-likeness (QED) is 0.441. The predicted octanol–water partition coefficient (Wildman–Crippen LogP) is 0.883. The Morgan fingerprint density at radius 3 is 2.57 bits per heavy atom. The van der Waals surface area contributed by atoms with Crippen LogP contribution in [0.1, 0.15) is 6.92 Å². The van der Waals surface area contributed by atoms with E-state index in [1.54, 1.807) is 6.92 Å². The van der Waals surface area contributed by atoms with Gasteiger partial charge in [0.1, 0.15) is 0 Å². The molecule has 0 aliphatic carbocycles. The zero-order chi connectivity index (χ0) is 5.28. The van der Waals surface area contributed by atoms with Crippen molar-refractivity contribution in [3.05, 3.63) is 11.8 Å². The first-order chi connectivity index (χ1) is 3.30. The van der Waals surface area contributed by atoms with Gasteiger partial charge in [0.05, 0.1) is 6.20 Å². The van der Waals surface area contributed by atoms with Gasteiger partial charge in [-0.15, -0.1) is 5.11 Å². The van der Waals surface area contributed by atoms with Crippen LogP contribution < -0.4 is 0 Å². The van der Waals surface area contributed by atoms with Crippen molar-refractivity contribution >= 4 is 5.91 Å². The van der Waals surface area contributed by atoms with Crippen LogP contribution in [0.5, 0.6) is 0 Å². The fraction of sp³-hybridized carbons (Fsp3) is 0.250. The summed E-state index contributed by atoms with van der Waals surface area (Å²) in [6.45, 7) is 1.68. The lowest BCUT2D eigenvalue weighted by Crippen LogP contribution is -1.86. The van der Waals surface area contributed by atoms with Gasteiger partial charge in [-0.05, 0) is 6.92 Å². The smallest absolute Gasteiger partial charge is 0.265 e. The van der Waals surface area contributed by atoms with Crippen molar-refractivity contribution < 1.29 is 4.79 Å². The molecule has 0 aromatic carbocycles. The maximum Gasteiger partial charge on any atom is 0.292 e. The highest BCUT2D eigenvalue weighted by molar-refractivity contribution is 5.94. The molecule has 0 fully saturated rings. The van der Waals surface area contributed by atoms with Crippen LogP contribution in [0, 0.1) is 0 Å². The van der Waals surface area contributed by atoms with Gasteiger partial charge in [-0.2, -0.15) is 5.11 Å². The molecule has 0 unspecified atom stereocenters. The zero-order valence-electron chi connectivity index (χ0n) is 3.88. The van der Waals surface area contributed by atoms with Crippen LogP contribution in [0.4, 0.5) is 0 Å². The lowest BCUT2D eigenvalue weighted by molar-refractivity contribution is -0.114. The molecule has 1 aliphatic rings. The van der Waals surface area contributed by atoms with Crippen LogP contribution in [0.25, 0.3) is 0 Å². The third-order valence-corrected chi connectivity index (χ3v) is 0.737. The molecule has 1 amide bonds. The average molecular weight is 96.1 g/mol. The second-order valence-electron chi connectivity index (χ2n) is 1.33. The van der Waals surface area contributed by atoms with Crippen LogP contribution in [0.2, 0.25) is 0 Å². The molecule has 0 N–H and O–H groups in total. The molecule has 0 aromatic heterocycles. The lowest BCUT2D eigenvalue weighted by atomic mass is 10.3. The molecule has 7 heavy (non-hydrogen) atoms. The van der Waals surface area contributed by atoms with Crippen molar-refractivity contribution in [2.24, 2.45) is 10.2 Å². The summed E-state index contributed by atoms with van der Waals surface area (Å²) in [7, 11) is 0. The topological polar surface area (TPSA) is 41.8 Å². The van der Waals surface area contributed by atoms with E-state index in [1.807, 2.05) is 0 Å². The van der Waals surface area contributed by atoms with Crippen molar-refractivity contribution in [1.82, 2.24) is 0 Å². The molecule has 0 bridgehead atoms. The monoisotopic (exact) mass is 96.0 g/mol. The summed E-state index contributed by atoms with van der Waals surface area (Å²) >= 11 is 0. The minimum atomic E-state index is -0.222. The zero-order valence-corrected chi connectivity index (χ0v) is 3.88. The first-order valence-corrected chi connectivity index (χ1v) is 1.92. The summed E-state index contributed by atoms with van der Waals surface area (Å²) in [5.74, 6) is -0.222. The minimum absolute atomic E-state index is 0.222. The van der Waals surface area contributed by atoms with Crippen LogP contribution in [-0.2, 0) is 4.79 Å². The molecule has 0 spiro atoms. The first-order valence-electron chi connectivity index (χ1n) is 1.92. The Balaban J connectivity index is 2.89. The van der Waals surface area contributed by atoms with Gasteiger partial charge in [0, 0.05) is 5.57 Å². The molecule has 1 heterocycles. The molecule has 3 nitrogen and oxygen atoms in total. The second-order valence-corrected chi connectivity index (χ2v) is 1.33. The van der Waals surface area contributed by atoms with Crippen LogP contribution >= 0.6 is 0 Å². The molecule has 1 rings (SSSR count). The molecule has 0 atom stereocenters. The number of nitrogens with zero attached hydrogens (tertiary/aromatic N) is 2. The lowest BCUT2D eigenvalue weighted by Gasteiger charge is -1.74. The van der Waals surface area contributed by atoms with Crippen molar-refractivity contribution in [1.29, 1.82) is 0 Å². The van der Waals surface area contributed by atoms with E-state index in [0.29, 0.717) is 5.57 Å². The Bertz CT molecular complexity index is 157. The molecule has 36 valence electrons. The number of carbonyl (C=O) groups is 1. The number of hydrogen-bond donors (Lipinski definition) is 0. The highest BCUT2D eigenvalue weighted by Crippen LogP contribution is 2.03. The Morgan fingerprint density at radius 2 is 2.43 bits per heavy atom. The third kappa shape index (κ3) is 0.559. The number of carbonyl (C=O) groups excluding carboxylic acids is 1. The molecular formula is C4H4N2O. The standard InChI is InChI=1S/C4H4N2O/c1-3-2-5-6-4(3)7/h2H,1H3. The van der Waals surface area contributed by atoms with Gasteiger partial charge in [0.25, 0.3) is 5.91 Å². The van der Waals surface area contributed by atoms with Gasteiger partial charge in [0.2, 0.25) is 0 Å². The minimum Gasteiger partial charge on any atom is -0.265 e. The van der Waals surface area contributed by atoms with E-state index in [-0.39, 0.29) is 5.91 Å². The van der Waals surface area contributed by atoms with E-state index < -0.39 is 0 Å². The summed E-state index contributed by atoms with van der Waals surface area (Å²) in [4.78, 5) is 10.2. The molecule has 0 saturated heterocycles. The number of rotatable bonds is 0. The van der Waals surface area contributed by atoms with Gasteiger partial charge in [-0.3, -0.25) is 4.79 Å². The molecule has 0 radical (unpaired) electrons. The summed E-state index contributed by atoms with van der Waals surface area (Å²) in [5, 5.41) is 6.57. The van der Waals surface area contributed by atoms with Crippen LogP contribution in [0.15, 0.2) is 22.0 Å². The van der Waals surface area contributed by atoms with Crippen LogP contribution in [-0.4, -0.2) is 5.91 Å². The second kappa shape index (κ2) is 1.26. The van der Waals surface area contributed by atoms with Crippen molar-refractivity contribution in [2.45, 2.75) is 6.92 Å². The summed E-state index contributed by atoms with van der Waals surface area (Å²) in [5.41, 5.74) is 0.611. The summed E-state index contributed by atoms with van der Waals surface area (Å²) in [6.07, 6.45) is 1.45. The average Bonchev–Trinajstić information content (AvgIpc) is 1.91. The van der Waals surface area contributed by atoms with Crippen molar-refractivity contribution in [2.75, 3.05) is 0 Å². The maximum atomic E-state index is 10.2. The molecule has 3 heteroatoms. The van der Waals surface area contributed by atoms with Gasteiger partial charge < -0.3 is 0 Å². The maximum absolute atomic E-state index is 10.2. The van der Waals surface area contributed by atoms with E-state index in [2.05, 4.69) is 10.2 Å². The first kappa shape index (κ1) is 4.18. The van der Waals surface area contributed by atoms with Crippen molar-refractivity contribution in [3.8, 4) is 0 Å². The number of azo groups is 1. The Labute approximate surface area is 40.7 Å². The van der Waals surface area contributed by atoms with E-state index in [4.69, 9.17) is 0 Å². The third-order valence-electron chi connectivity index (χ3n) is 0.737. The fourth-order valence-electron chi connectivity index (χ4n) is 0.302.